The highest BCUT2D eigenvalue weighted by Crippen LogP contribution is 2.27. The predicted octanol–water partition coefficient (Wildman–Crippen LogP) is 1.89. The summed E-state index contributed by atoms with van der Waals surface area (Å²) >= 11 is 3.01. The van der Waals surface area contributed by atoms with Crippen molar-refractivity contribution >= 4 is 27.5 Å². The van der Waals surface area contributed by atoms with Gasteiger partial charge in [0.15, 0.2) is 5.82 Å². The highest BCUT2D eigenvalue weighted by atomic mass is 79.9. The maximum atomic E-state index is 13.4. The van der Waals surface area contributed by atoms with Crippen LogP contribution in [-0.2, 0) is 4.79 Å². The molecule has 0 spiro atoms. The van der Waals surface area contributed by atoms with Gasteiger partial charge in [-0.25, -0.2) is 8.78 Å². The number of carbonyl (C=O) groups is 1. The Bertz CT molecular complexity index is 412. The van der Waals surface area contributed by atoms with E-state index in [9.17, 15) is 13.6 Å². The van der Waals surface area contributed by atoms with Crippen LogP contribution in [0.2, 0.25) is 0 Å². The van der Waals surface area contributed by atoms with Gasteiger partial charge in [-0.15, -0.1) is 0 Å². The molecule has 1 heterocycles. The molecule has 86 valence electrons. The van der Waals surface area contributed by atoms with Crippen molar-refractivity contribution in [3.05, 3.63) is 28.2 Å². The second kappa shape index (κ2) is 4.47. The minimum absolute atomic E-state index is 0.0155. The quantitative estimate of drug-likeness (QED) is 0.873. The van der Waals surface area contributed by atoms with Gasteiger partial charge in [0.05, 0.1) is 11.6 Å². The topological polar surface area (TPSA) is 41.1 Å². The smallest absolute Gasteiger partial charge is 0.230 e. The minimum atomic E-state index is -0.785. The van der Waals surface area contributed by atoms with Gasteiger partial charge < -0.3 is 10.6 Å². The summed E-state index contributed by atoms with van der Waals surface area (Å²) < 4.78 is 26.3. The Morgan fingerprint density at radius 2 is 2.12 bits per heavy atom. The number of halogens is 3. The summed E-state index contributed by atoms with van der Waals surface area (Å²) in [6, 6.07) is 1.84. The average molecular weight is 291 g/mol. The molecular weight excluding hydrogens is 282 g/mol. The third kappa shape index (κ3) is 2.22. The third-order valence-corrected chi connectivity index (χ3v) is 3.03. The van der Waals surface area contributed by atoms with Gasteiger partial charge in [-0.3, -0.25) is 4.79 Å². The number of hydrogen-bond donors (Lipinski definition) is 2. The lowest BCUT2D eigenvalue weighted by Crippen LogP contribution is -2.48. The molecule has 2 rings (SSSR count). The predicted molar refractivity (Wildman–Crippen MR) is 59.0 cm³/mol. The zero-order valence-electron chi connectivity index (χ0n) is 8.19. The molecule has 16 heavy (non-hydrogen) atoms. The Hall–Kier alpha value is -1.01. The van der Waals surface area contributed by atoms with Gasteiger partial charge in [0.1, 0.15) is 5.82 Å². The van der Waals surface area contributed by atoms with Gasteiger partial charge in [-0.1, -0.05) is 0 Å². The molecular formula is C10H9BrF2N2O. The van der Waals surface area contributed by atoms with E-state index in [1.165, 1.54) is 0 Å². The molecule has 1 aromatic carbocycles. The zero-order chi connectivity index (χ0) is 11.7. The van der Waals surface area contributed by atoms with Crippen molar-refractivity contribution in [2.45, 2.75) is 0 Å². The maximum absolute atomic E-state index is 13.4. The molecule has 0 aliphatic carbocycles. The number of carbonyl (C=O) groups excluding carboxylic acids is 1. The molecule has 0 radical (unpaired) electrons. The van der Waals surface area contributed by atoms with Gasteiger partial charge in [0.25, 0.3) is 0 Å². The number of anilines is 1. The number of rotatable bonds is 2. The van der Waals surface area contributed by atoms with Gasteiger partial charge in [-0.2, -0.15) is 0 Å². The first kappa shape index (κ1) is 11.5. The normalized spacial score (nSPS) is 15.7. The average Bonchev–Trinajstić information content (AvgIpc) is 2.08. The van der Waals surface area contributed by atoms with Crippen LogP contribution in [0.1, 0.15) is 0 Å². The number of amides is 1. The monoisotopic (exact) mass is 290 g/mol. The Morgan fingerprint density at radius 3 is 2.62 bits per heavy atom. The van der Waals surface area contributed by atoms with E-state index in [0.717, 1.165) is 12.1 Å². The fourth-order valence-corrected chi connectivity index (χ4v) is 1.87. The fourth-order valence-electron chi connectivity index (χ4n) is 1.36. The Balaban J connectivity index is 2.17. The Morgan fingerprint density at radius 1 is 1.44 bits per heavy atom. The highest BCUT2D eigenvalue weighted by molar-refractivity contribution is 9.10. The van der Waals surface area contributed by atoms with Crippen LogP contribution >= 0.6 is 15.9 Å². The molecule has 1 amide bonds. The lowest BCUT2D eigenvalue weighted by molar-refractivity contribution is -0.121. The molecule has 1 aromatic rings. The van der Waals surface area contributed by atoms with E-state index in [0.29, 0.717) is 13.1 Å². The second-order valence-corrected chi connectivity index (χ2v) is 4.44. The zero-order valence-corrected chi connectivity index (χ0v) is 9.77. The van der Waals surface area contributed by atoms with Crippen molar-refractivity contribution in [3.8, 4) is 0 Å². The van der Waals surface area contributed by atoms with E-state index in [1.54, 1.807) is 0 Å². The number of benzene rings is 1. The number of hydrogen-bond acceptors (Lipinski definition) is 2. The van der Waals surface area contributed by atoms with Crippen LogP contribution in [-0.4, -0.2) is 19.0 Å². The minimum Gasteiger partial charge on any atom is -0.322 e. The summed E-state index contributed by atoms with van der Waals surface area (Å²) in [4.78, 5) is 11.6. The lowest BCUT2D eigenvalue weighted by Gasteiger charge is -2.26. The van der Waals surface area contributed by atoms with E-state index >= 15 is 0 Å². The number of nitrogens with one attached hydrogen (secondary N) is 2. The van der Waals surface area contributed by atoms with Crippen molar-refractivity contribution < 1.29 is 13.6 Å². The van der Waals surface area contributed by atoms with Gasteiger partial charge >= 0.3 is 0 Å². The van der Waals surface area contributed by atoms with E-state index in [-0.39, 0.29) is 22.0 Å². The molecule has 1 saturated heterocycles. The molecule has 0 atom stereocenters. The van der Waals surface area contributed by atoms with Gasteiger partial charge in [0, 0.05) is 23.6 Å². The van der Waals surface area contributed by atoms with E-state index < -0.39 is 11.6 Å². The molecule has 0 saturated carbocycles. The summed E-state index contributed by atoms with van der Waals surface area (Å²) in [5.74, 6) is -1.87. The highest BCUT2D eigenvalue weighted by Gasteiger charge is 2.26. The lowest BCUT2D eigenvalue weighted by atomic mass is 10.0. The first-order chi connectivity index (χ1) is 7.58. The van der Waals surface area contributed by atoms with Crippen LogP contribution in [0.4, 0.5) is 14.5 Å². The van der Waals surface area contributed by atoms with Crippen molar-refractivity contribution in [2.24, 2.45) is 5.92 Å². The first-order valence-electron chi connectivity index (χ1n) is 4.74. The molecule has 1 aliphatic heterocycles. The van der Waals surface area contributed by atoms with Crippen LogP contribution in [0.3, 0.4) is 0 Å². The summed E-state index contributed by atoms with van der Waals surface area (Å²) in [6.07, 6.45) is 0. The standard InChI is InChI=1S/C10H9BrF2N2O/c11-7-1-6(12)2-8(13)9(7)15-10(16)5-3-14-4-5/h1-2,5,14H,3-4H2,(H,15,16). The van der Waals surface area contributed by atoms with Crippen LogP contribution < -0.4 is 10.6 Å². The second-order valence-electron chi connectivity index (χ2n) is 3.59. The van der Waals surface area contributed by atoms with E-state index in [2.05, 4.69) is 26.6 Å². The van der Waals surface area contributed by atoms with Gasteiger partial charge in [0.2, 0.25) is 5.91 Å². The molecule has 0 bridgehead atoms. The van der Waals surface area contributed by atoms with Crippen LogP contribution in [0, 0.1) is 17.6 Å². The molecule has 6 heteroatoms. The fraction of sp³-hybridized carbons (Fsp3) is 0.300. The first-order valence-corrected chi connectivity index (χ1v) is 5.53. The molecule has 3 nitrogen and oxygen atoms in total. The van der Waals surface area contributed by atoms with Crippen molar-refractivity contribution in [1.29, 1.82) is 0 Å². The Labute approximate surface area is 99.3 Å². The summed E-state index contributed by atoms with van der Waals surface area (Å²) in [5.41, 5.74) is -0.0155. The molecule has 2 N–H and O–H groups in total. The van der Waals surface area contributed by atoms with Crippen LogP contribution in [0.15, 0.2) is 16.6 Å². The van der Waals surface area contributed by atoms with Crippen LogP contribution in [0.5, 0.6) is 0 Å². The molecule has 0 unspecified atom stereocenters. The van der Waals surface area contributed by atoms with E-state index in [1.807, 2.05) is 0 Å². The van der Waals surface area contributed by atoms with Gasteiger partial charge in [-0.05, 0) is 22.0 Å². The SMILES string of the molecule is O=C(Nc1c(F)cc(F)cc1Br)C1CNC1. The summed E-state index contributed by atoms with van der Waals surface area (Å²) in [7, 11) is 0. The summed E-state index contributed by atoms with van der Waals surface area (Å²) in [6.45, 7) is 1.18. The van der Waals surface area contributed by atoms with E-state index in [4.69, 9.17) is 0 Å². The summed E-state index contributed by atoms with van der Waals surface area (Å²) in [5, 5.41) is 5.38. The Kier molecular flexibility index (Phi) is 3.20. The molecule has 1 fully saturated rings. The van der Waals surface area contributed by atoms with Crippen LogP contribution in [0.25, 0.3) is 0 Å². The third-order valence-electron chi connectivity index (χ3n) is 2.41. The van der Waals surface area contributed by atoms with Crippen molar-refractivity contribution in [1.82, 2.24) is 5.32 Å². The molecule has 1 aliphatic rings. The molecule has 0 aromatic heterocycles. The largest absolute Gasteiger partial charge is 0.322 e. The maximum Gasteiger partial charge on any atom is 0.230 e. The van der Waals surface area contributed by atoms with Crippen molar-refractivity contribution in [2.75, 3.05) is 18.4 Å². The van der Waals surface area contributed by atoms with Crippen molar-refractivity contribution in [3.63, 3.8) is 0 Å².